The summed E-state index contributed by atoms with van der Waals surface area (Å²) in [5.74, 6) is -0.0361. The molecule has 1 saturated heterocycles. The number of phosphoric ester groups is 1. The van der Waals surface area contributed by atoms with E-state index in [0.717, 1.165) is 33.0 Å². The van der Waals surface area contributed by atoms with E-state index in [1.807, 2.05) is 0 Å². The molecular weight excluding hydrogens is 247 g/mol. The number of hydrogen-bond donors (Lipinski definition) is 2. The van der Waals surface area contributed by atoms with Crippen LogP contribution in [0.4, 0.5) is 0 Å². The number of rotatable bonds is 6. The topological polar surface area (TPSA) is 99.7 Å². The van der Waals surface area contributed by atoms with Gasteiger partial charge in [-0.05, 0) is 25.9 Å². The normalized spacial score (nSPS) is 20.8. The Morgan fingerprint density at radius 3 is 2.76 bits per heavy atom. The van der Waals surface area contributed by atoms with Gasteiger partial charge in [-0.2, -0.15) is 0 Å². The van der Waals surface area contributed by atoms with Crippen molar-refractivity contribution in [2.24, 2.45) is 5.92 Å². The molecule has 0 saturated carbocycles. The van der Waals surface area contributed by atoms with E-state index >= 15 is 0 Å². The molecule has 0 aromatic rings. The summed E-state index contributed by atoms with van der Waals surface area (Å²) in [7, 11) is -3.15. The van der Waals surface area contributed by atoms with Gasteiger partial charge in [0.15, 0.2) is 0 Å². The van der Waals surface area contributed by atoms with Crippen molar-refractivity contribution in [3.63, 3.8) is 0 Å². The minimum atomic E-state index is -4.18. The van der Waals surface area contributed by atoms with Gasteiger partial charge in [-0.15, -0.1) is 0 Å². The Morgan fingerprint density at radius 2 is 2.18 bits per heavy atom. The molecule has 1 heterocycles. The molecule has 0 aromatic carbocycles. The summed E-state index contributed by atoms with van der Waals surface area (Å²) in [5.41, 5.74) is 0. The van der Waals surface area contributed by atoms with Crippen LogP contribution in [0, 0.1) is 5.92 Å². The van der Waals surface area contributed by atoms with Crippen molar-refractivity contribution in [3.8, 4) is 0 Å². The first-order valence-electron chi connectivity index (χ1n) is 5.55. The molecule has 0 aliphatic carbocycles. The maximum atomic E-state index is 11.6. The first kappa shape index (κ1) is 14.6. The van der Waals surface area contributed by atoms with E-state index in [2.05, 4.69) is 19.7 Å². The lowest BCUT2D eigenvalue weighted by Crippen LogP contribution is -2.39. The van der Waals surface area contributed by atoms with Gasteiger partial charge in [0.25, 0.3) is 7.82 Å². The van der Waals surface area contributed by atoms with Crippen LogP contribution in [0.25, 0.3) is 0 Å². The number of nitrogens with one attached hydrogen (secondary N) is 2. The van der Waals surface area contributed by atoms with Crippen LogP contribution in [0.2, 0.25) is 0 Å². The van der Waals surface area contributed by atoms with E-state index in [4.69, 9.17) is 0 Å². The minimum absolute atomic E-state index is 0.0118. The van der Waals surface area contributed by atoms with Gasteiger partial charge >= 0.3 is 0 Å². The third-order valence-electron chi connectivity index (χ3n) is 2.58. The van der Waals surface area contributed by atoms with Gasteiger partial charge in [0.1, 0.15) is 0 Å². The van der Waals surface area contributed by atoms with Crippen LogP contribution in [0.1, 0.15) is 12.8 Å². The molecule has 1 atom stereocenters. The van der Waals surface area contributed by atoms with Crippen molar-refractivity contribution >= 4 is 13.7 Å². The summed E-state index contributed by atoms with van der Waals surface area (Å²) < 4.78 is 19.4. The summed E-state index contributed by atoms with van der Waals surface area (Å²) in [6.45, 7) is 1.74. The van der Waals surface area contributed by atoms with Gasteiger partial charge in [0.05, 0.1) is 6.61 Å². The largest absolute Gasteiger partial charge is 0.756 e. The molecule has 1 unspecified atom stereocenters. The molecule has 2 N–H and O–H groups in total. The average molecular weight is 265 g/mol. The highest BCUT2D eigenvalue weighted by molar-refractivity contribution is 7.45. The highest BCUT2D eigenvalue weighted by Gasteiger charge is 2.20. The first-order chi connectivity index (χ1) is 8.05. The van der Waals surface area contributed by atoms with Crippen molar-refractivity contribution in [2.45, 2.75) is 12.8 Å². The average Bonchev–Trinajstić information content (AvgIpc) is 2.35. The number of amides is 1. The minimum Gasteiger partial charge on any atom is -0.756 e. The Balaban J connectivity index is 2.13. The zero-order valence-electron chi connectivity index (χ0n) is 9.81. The molecule has 0 spiro atoms. The molecule has 1 rings (SSSR count). The number of carbonyl (C=O) groups is 1. The molecule has 0 radical (unpaired) electrons. The van der Waals surface area contributed by atoms with Gasteiger partial charge in [0, 0.05) is 19.6 Å². The molecular formula is C9H18N2O5P-. The second-order valence-electron chi connectivity index (χ2n) is 3.78. The lowest BCUT2D eigenvalue weighted by Gasteiger charge is -2.23. The SMILES string of the molecule is COP(=O)([O-])OCCNC(=O)C1CCNCC1. The molecule has 100 valence electrons. The molecule has 7 nitrogen and oxygen atoms in total. The van der Waals surface area contributed by atoms with Crippen molar-refractivity contribution in [2.75, 3.05) is 33.4 Å². The summed E-state index contributed by atoms with van der Waals surface area (Å²) in [4.78, 5) is 22.4. The highest BCUT2D eigenvalue weighted by atomic mass is 31.2. The fourth-order valence-electron chi connectivity index (χ4n) is 1.61. The Kier molecular flexibility index (Phi) is 6.08. The quantitative estimate of drug-likeness (QED) is 0.483. The molecule has 1 aliphatic heterocycles. The van der Waals surface area contributed by atoms with Crippen LogP contribution < -0.4 is 15.5 Å². The molecule has 8 heteroatoms. The lowest BCUT2D eigenvalue weighted by atomic mass is 9.97. The molecule has 17 heavy (non-hydrogen) atoms. The van der Waals surface area contributed by atoms with E-state index in [9.17, 15) is 14.3 Å². The predicted octanol–water partition coefficient (Wildman–Crippen LogP) is -0.766. The van der Waals surface area contributed by atoms with E-state index in [1.165, 1.54) is 0 Å². The molecule has 1 aliphatic rings. The standard InChI is InChI=1S/C9H19N2O5P/c1-15-17(13,14)16-7-6-11-9(12)8-2-4-10-5-3-8/h8,10H,2-7H2,1H3,(H,11,12)(H,13,14)/p-1. The van der Waals surface area contributed by atoms with Gasteiger partial charge in [-0.25, -0.2) is 0 Å². The third-order valence-corrected chi connectivity index (χ3v) is 3.53. The van der Waals surface area contributed by atoms with Crippen LogP contribution in [-0.4, -0.2) is 39.3 Å². The summed E-state index contributed by atoms with van der Waals surface area (Å²) in [5, 5.41) is 5.81. The van der Waals surface area contributed by atoms with Crippen LogP contribution in [0.3, 0.4) is 0 Å². The zero-order valence-corrected chi connectivity index (χ0v) is 10.7. The van der Waals surface area contributed by atoms with Crippen molar-refractivity contribution in [1.82, 2.24) is 10.6 Å². The highest BCUT2D eigenvalue weighted by Crippen LogP contribution is 2.36. The third kappa shape index (κ3) is 5.61. The zero-order chi connectivity index (χ0) is 12.7. The Hall–Kier alpha value is -0.460. The summed E-state index contributed by atoms with van der Waals surface area (Å²) >= 11 is 0. The predicted molar refractivity (Wildman–Crippen MR) is 59.2 cm³/mol. The van der Waals surface area contributed by atoms with Gasteiger partial charge in [-0.1, -0.05) is 0 Å². The molecule has 0 aromatic heterocycles. The fraction of sp³-hybridized carbons (Fsp3) is 0.889. The Labute approximate surface area is 100 Å². The smallest absolute Gasteiger partial charge is 0.267 e. The van der Waals surface area contributed by atoms with Crippen LogP contribution >= 0.6 is 7.82 Å². The molecule has 1 fully saturated rings. The number of hydrogen-bond acceptors (Lipinski definition) is 6. The van der Waals surface area contributed by atoms with Crippen molar-refractivity contribution in [3.05, 3.63) is 0 Å². The van der Waals surface area contributed by atoms with Crippen LogP contribution in [0.5, 0.6) is 0 Å². The molecule has 1 amide bonds. The lowest BCUT2D eigenvalue weighted by molar-refractivity contribution is -0.222. The van der Waals surface area contributed by atoms with E-state index in [0.29, 0.717) is 0 Å². The maximum Gasteiger partial charge on any atom is 0.267 e. The number of piperidine rings is 1. The monoisotopic (exact) mass is 265 g/mol. The number of carbonyl (C=O) groups excluding carboxylic acids is 1. The van der Waals surface area contributed by atoms with Gasteiger partial charge in [-0.3, -0.25) is 9.36 Å². The van der Waals surface area contributed by atoms with Crippen molar-refractivity contribution in [1.29, 1.82) is 0 Å². The fourth-order valence-corrected chi connectivity index (χ4v) is 2.03. The first-order valence-corrected chi connectivity index (χ1v) is 7.01. The van der Waals surface area contributed by atoms with Crippen LogP contribution in [-0.2, 0) is 18.4 Å². The Bertz CT molecular complexity index is 293. The molecule has 0 bridgehead atoms. The maximum absolute atomic E-state index is 11.6. The number of phosphoric acid groups is 1. The van der Waals surface area contributed by atoms with Crippen LogP contribution in [0.15, 0.2) is 0 Å². The Morgan fingerprint density at radius 1 is 1.53 bits per heavy atom. The second-order valence-corrected chi connectivity index (χ2v) is 5.30. The second kappa shape index (κ2) is 7.08. The van der Waals surface area contributed by atoms with E-state index < -0.39 is 7.82 Å². The van der Waals surface area contributed by atoms with E-state index in [1.54, 1.807) is 0 Å². The van der Waals surface area contributed by atoms with Gasteiger partial charge < -0.3 is 24.6 Å². The van der Waals surface area contributed by atoms with Gasteiger partial charge in [0.2, 0.25) is 5.91 Å². The summed E-state index contributed by atoms with van der Waals surface area (Å²) in [6.07, 6.45) is 1.62. The van der Waals surface area contributed by atoms with Crippen molar-refractivity contribution < 1.29 is 23.3 Å². The van der Waals surface area contributed by atoms with E-state index in [-0.39, 0.29) is 25.0 Å². The summed E-state index contributed by atoms with van der Waals surface area (Å²) in [6, 6.07) is 0.